The maximum Gasteiger partial charge on any atom is 0.303 e. The minimum Gasteiger partial charge on any atom is -0.458 e. The summed E-state index contributed by atoms with van der Waals surface area (Å²) in [7, 11) is 0. The zero-order valence-corrected chi connectivity index (χ0v) is 17.6. The van der Waals surface area contributed by atoms with E-state index in [1.165, 1.54) is 71.1 Å². The van der Waals surface area contributed by atoms with Crippen LogP contribution in [0, 0.1) is 0 Å². The van der Waals surface area contributed by atoms with Gasteiger partial charge in [0.05, 0.1) is 0 Å². The highest BCUT2D eigenvalue weighted by atomic mass is 79.9. The number of carbonyl (C=O) groups excluding carboxylic acids is 1. The molecule has 3 heteroatoms. The molecule has 0 aliphatic heterocycles. The van der Waals surface area contributed by atoms with E-state index in [0.29, 0.717) is 0 Å². The van der Waals surface area contributed by atoms with Gasteiger partial charge >= 0.3 is 5.97 Å². The Kier molecular flexibility index (Phi) is 18.8. The van der Waals surface area contributed by atoms with Gasteiger partial charge in [-0.25, -0.2) is 0 Å². The van der Waals surface area contributed by atoms with E-state index in [-0.39, 0.29) is 12.1 Å². The van der Waals surface area contributed by atoms with E-state index in [0.717, 1.165) is 31.0 Å². The van der Waals surface area contributed by atoms with Gasteiger partial charge in [-0.1, -0.05) is 86.7 Å². The molecule has 0 heterocycles. The molecule has 0 amide bonds. The topological polar surface area (TPSA) is 26.3 Å². The van der Waals surface area contributed by atoms with Crippen molar-refractivity contribution in [2.75, 3.05) is 5.33 Å². The molecular weight excluding hydrogens is 364 g/mol. The Labute approximate surface area is 158 Å². The first-order valence-corrected chi connectivity index (χ1v) is 11.2. The fourth-order valence-electron chi connectivity index (χ4n) is 2.83. The van der Waals surface area contributed by atoms with Crippen LogP contribution in [0.5, 0.6) is 0 Å². The predicted octanol–water partition coefficient (Wildman–Crippen LogP) is 7.35. The van der Waals surface area contributed by atoms with Crippen LogP contribution in [-0.2, 0) is 9.53 Å². The van der Waals surface area contributed by atoms with E-state index in [4.69, 9.17) is 4.74 Å². The zero-order chi connectivity index (χ0) is 17.9. The Morgan fingerprint density at radius 2 is 1.46 bits per heavy atom. The van der Waals surface area contributed by atoms with Gasteiger partial charge in [-0.05, 0) is 38.2 Å². The minimum atomic E-state index is -0.173. The zero-order valence-electron chi connectivity index (χ0n) is 16.0. The van der Waals surface area contributed by atoms with Gasteiger partial charge in [-0.3, -0.25) is 4.79 Å². The normalized spacial score (nSPS) is 12.6. The van der Waals surface area contributed by atoms with Crippen molar-refractivity contribution in [1.29, 1.82) is 0 Å². The standard InChI is InChI=1S/C21H39BrO2/c1-3-4-17-21(24-20(2)23)18-15-13-11-9-7-5-6-8-10-12-14-16-19-22/h15,18,21H,3-14,16-17,19H2,1-2H3/b18-15-/t21-/m1/s1. The van der Waals surface area contributed by atoms with E-state index in [2.05, 4.69) is 35.0 Å². The average molecular weight is 403 g/mol. The first kappa shape index (κ1) is 23.7. The molecule has 0 aromatic carbocycles. The Morgan fingerprint density at radius 1 is 0.917 bits per heavy atom. The molecule has 0 fully saturated rings. The van der Waals surface area contributed by atoms with Gasteiger partial charge in [0, 0.05) is 12.3 Å². The van der Waals surface area contributed by atoms with Crippen LogP contribution in [0.4, 0.5) is 0 Å². The molecule has 1 atom stereocenters. The fourth-order valence-corrected chi connectivity index (χ4v) is 3.23. The van der Waals surface area contributed by atoms with Crippen LogP contribution in [0.2, 0.25) is 0 Å². The Morgan fingerprint density at radius 3 is 1.96 bits per heavy atom. The Hall–Kier alpha value is -0.310. The van der Waals surface area contributed by atoms with Gasteiger partial charge in [0.25, 0.3) is 0 Å². The second-order valence-corrected chi connectivity index (χ2v) is 7.52. The minimum absolute atomic E-state index is 0.0213. The van der Waals surface area contributed by atoms with Crippen molar-refractivity contribution < 1.29 is 9.53 Å². The second kappa shape index (κ2) is 19.0. The van der Waals surface area contributed by atoms with Gasteiger partial charge in [0.2, 0.25) is 0 Å². The maximum absolute atomic E-state index is 11.1. The number of halogens is 1. The average Bonchev–Trinajstić information content (AvgIpc) is 2.56. The summed E-state index contributed by atoms with van der Waals surface area (Å²) < 4.78 is 5.33. The molecule has 0 N–H and O–H groups in total. The van der Waals surface area contributed by atoms with Gasteiger partial charge in [0.15, 0.2) is 0 Å². The van der Waals surface area contributed by atoms with Crippen LogP contribution in [0.25, 0.3) is 0 Å². The van der Waals surface area contributed by atoms with Crippen LogP contribution < -0.4 is 0 Å². The first-order valence-electron chi connectivity index (χ1n) is 10.1. The molecule has 0 aromatic rings. The molecule has 0 spiro atoms. The van der Waals surface area contributed by atoms with E-state index in [1.807, 2.05) is 0 Å². The number of hydrogen-bond donors (Lipinski definition) is 0. The quantitative estimate of drug-likeness (QED) is 0.110. The molecule has 0 aliphatic carbocycles. The Bertz CT molecular complexity index is 302. The van der Waals surface area contributed by atoms with E-state index < -0.39 is 0 Å². The lowest BCUT2D eigenvalue weighted by molar-refractivity contribution is -0.144. The van der Waals surface area contributed by atoms with Gasteiger partial charge in [-0.2, -0.15) is 0 Å². The molecule has 0 saturated carbocycles. The molecule has 0 rings (SSSR count). The lowest BCUT2D eigenvalue weighted by Crippen LogP contribution is -2.13. The molecule has 0 aliphatic rings. The number of carbonyl (C=O) groups is 1. The molecular formula is C21H39BrO2. The van der Waals surface area contributed by atoms with Gasteiger partial charge < -0.3 is 4.74 Å². The summed E-state index contributed by atoms with van der Waals surface area (Å²) in [6.45, 7) is 3.66. The molecule has 0 aromatic heterocycles. The van der Waals surface area contributed by atoms with E-state index >= 15 is 0 Å². The van der Waals surface area contributed by atoms with E-state index in [1.54, 1.807) is 0 Å². The highest BCUT2D eigenvalue weighted by molar-refractivity contribution is 9.09. The summed E-state index contributed by atoms with van der Waals surface area (Å²) in [5, 5.41) is 1.15. The van der Waals surface area contributed by atoms with E-state index in [9.17, 15) is 4.79 Å². The van der Waals surface area contributed by atoms with Gasteiger partial charge in [0.1, 0.15) is 6.10 Å². The van der Waals surface area contributed by atoms with Crippen molar-refractivity contribution in [1.82, 2.24) is 0 Å². The third-order valence-electron chi connectivity index (χ3n) is 4.26. The first-order chi connectivity index (χ1) is 11.7. The number of allylic oxidation sites excluding steroid dienone is 1. The maximum atomic E-state index is 11.1. The summed E-state index contributed by atoms with van der Waals surface area (Å²) in [5.41, 5.74) is 0. The van der Waals surface area contributed by atoms with Crippen molar-refractivity contribution in [3.63, 3.8) is 0 Å². The molecule has 0 saturated heterocycles. The van der Waals surface area contributed by atoms with Crippen LogP contribution in [0.1, 0.15) is 104 Å². The SMILES string of the molecule is CCCC[C@H](/C=C\CCCCCCCCCCCCBr)OC(C)=O. The van der Waals surface area contributed by atoms with Crippen molar-refractivity contribution in [2.45, 2.75) is 110 Å². The highest BCUT2D eigenvalue weighted by Crippen LogP contribution is 2.13. The second-order valence-electron chi connectivity index (χ2n) is 6.73. The summed E-state index contributed by atoms with van der Waals surface area (Å²) >= 11 is 3.48. The molecule has 0 bridgehead atoms. The highest BCUT2D eigenvalue weighted by Gasteiger charge is 2.06. The molecule has 142 valence electrons. The fraction of sp³-hybridized carbons (Fsp3) is 0.857. The van der Waals surface area contributed by atoms with Crippen LogP contribution in [0.3, 0.4) is 0 Å². The van der Waals surface area contributed by atoms with Crippen molar-refractivity contribution in [2.24, 2.45) is 0 Å². The smallest absolute Gasteiger partial charge is 0.303 e. The summed E-state index contributed by atoms with van der Waals surface area (Å²) in [6.07, 6.45) is 22.2. The summed E-state index contributed by atoms with van der Waals surface area (Å²) in [4.78, 5) is 11.1. The van der Waals surface area contributed by atoms with Gasteiger partial charge in [-0.15, -0.1) is 0 Å². The third kappa shape index (κ3) is 18.0. The Balaban J connectivity index is 3.47. The largest absolute Gasteiger partial charge is 0.458 e. The number of ether oxygens (including phenoxy) is 1. The molecule has 24 heavy (non-hydrogen) atoms. The number of unbranched alkanes of at least 4 members (excludes halogenated alkanes) is 11. The number of esters is 1. The van der Waals surface area contributed by atoms with Crippen LogP contribution in [-0.4, -0.2) is 17.4 Å². The number of hydrogen-bond acceptors (Lipinski definition) is 2. The van der Waals surface area contributed by atoms with Crippen LogP contribution >= 0.6 is 15.9 Å². The van der Waals surface area contributed by atoms with Crippen molar-refractivity contribution in [3.05, 3.63) is 12.2 Å². The summed E-state index contributed by atoms with van der Waals surface area (Å²) in [5.74, 6) is -0.173. The number of rotatable bonds is 17. The molecule has 0 radical (unpaired) electrons. The lowest BCUT2D eigenvalue weighted by atomic mass is 10.1. The van der Waals surface area contributed by atoms with Crippen LogP contribution in [0.15, 0.2) is 12.2 Å². The van der Waals surface area contributed by atoms with Crippen molar-refractivity contribution in [3.8, 4) is 0 Å². The monoisotopic (exact) mass is 402 g/mol. The summed E-state index contributed by atoms with van der Waals surface area (Å²) in [6, 6.07) is 0. The predicted molar refractivity (Wildman–Crippen MR) is 109 cm³/mol. The number of alkyl halides is 1. The lowest BCUT2D eigenvalue weighted by Gasteiger charge is -2.12. The molecule has 0 unspecified atom stereocenters. The van der Waals surface area contributed by atoms with Crippen molar-refractivity contribution >= 4 is 21.9 Å². The third-order valence-corrected chi connectivity index (χ3v) is 4.83. The molecule has 2 nitrogen and oxygen atoms in total.